The second kappa shape index (κ2) is 4.85. The fourth-order valence-electron chi connectivity index (χ4n) is 6.32. The number of carbonyl (C=O) groups excluding carboxylic acids is 1. The molecule has 2 bridgehead atoms. The maximum atomic E-state index is 12.6. The van der Waals surface area contributed by atoms with Gasteiger partial charge in [0.25, 0.3) is 0 Å². The van der Waals surface area contributed by atoms with Crippen LogP contribution in [0.1, 0.15) is 30.9 Å². The monoisotopic (exact) mass is 357 g/mol. The Labute approximate surface area is 152 Å². The predicted octanol–water partition coefficient (Wildman–Crippen LogP) is 2.27. The van der Waals surface area contributed by atoms with Crippen molar-refractivity contribution in [3.8, 4) is 11.5 Å². The van der Waals surface area contributed by atoms with E-state index in [1.54, 1.807) is 7.11 Å². The van der Waals surface area contributed by atoms with Crippen LogP contribution in [0.25, 0.3) is 0 Å². The van der Waals surface area contributed by atoms with Crippen LogP contribution in [0.4, 0.5) is 4.79 Å². The number of benzene rings is 1. The third-order valence-electron chi connectivity index (χ3n) is 7.28. The van der Waals surface area contributed by atoms with Gasteiger partial charge in [0.15, 0.2) is 11.5 Å². The van der Waals surface area contributed by atoms with E-state index in [-0.39, 0.29) is 35.9 Å². The largest absolute Gasteiger partial charge is 0.493 e. The third kappa shape index (κ3) is 1.60. The van der Waals surface area contributed by atoms with E-state index >= 15 is 0 Å². The molecule has 6 nitrogen and oxygen atoms in total. The van der Waals surface area contributed by atoms with Gasteiger partial charge < -0.3 is 23.8 Å². The van der Waals surface area contributed by atoms with Crippen LogP contribution < -0.4 is 9.47 Å². The summed E-state index contributed by atoms with van der Waals surface area (Å²) in [4.78, 5) is 14.6. The summed E-state index contributed by atoms with van der Waals surface area (Å²) in [5, 5.41) is 0. The molecule has 26 heavy (non-hydrogen) atoms. The van der Waals surface area contributed by atoms with Gasteiger partial charge in [-0.2, -0.15) is 0 Å². The Kier molecular flexibility index (Phi) is 2.83. The summed E-state index contributed by atoms with van der Waals surface area (Å²) in [7, 11) is 1.70. The maximum absolute atomic E-state index is 12.6. The SMILES string of the molecule is CCOC(=O)N1CC[C@]23c4c5ccc(OC)c4O[C@H]2[C@@H]2O[C@@H]2C[C@H]3[C@@H]1C5. The summed E-state index contributed by atoms with van der Waals surface area (Å²) in [6.07, 6.45) is 3.07. The zero-order chi connectivity index (χ0) is 17.6. The van der Waals surface area contributed by atoms with E-state index in [1.807, 2.05) is 17.9 Å². The number of piperidine rings is 1. The molecular formula is C20H23NO5. The molecule has 1 aromatic rings. The number of amides is 1. The second-order valence-electron chi connectivity index (χ2n) is 8.11. The number of ether oxygens (including phenoxy) is 4. The van der Waals surface area contributed by atoms with Gasteiger partial charge in [-0.3, -0.25) is 0 Å². The first kappa shape index (κ1) is 15.1. The highest BCUT2D eigenvalue weighted by molar-refractivity contribution is 5.70. The molecule has 1 spiro atoms. The summed E-state index contributed by atoms with van der Waals surface area (Å²) in [5.74, 6) is 2.09. The van der Waals surface area contributed by atoms with E-state index in [2.05, 4.69) is 6.07 Å². The Bertz CT molecular complexity index is 810. The first-order chi connectivity index (χ1) is 12.7. The van der Waals surface area contributed by atoms with Crippen molar-refractivity contribution in [1.29, 1.82) is 0 Å². The highest BCUT2D eigenvalue weighted by Gasteiger charge is 2.72. The third-order valence-corrected chi connectivity index (χ3v) is 7.28. The molecule has 5 aliphatic rings. The quantitative estimate of drug-likeness (QED) is 0.760. The van der Waals surface area contributed by atoms with E-state index in [4.69, 9.17) is 18.9 Å². The lowest BCUT2D eigenvalue weighted by Gasteiger charge is -2.56. The molecule has 0 radical (unpaired) electrons. The fraction of sp³-hybridized carbons (Fsp3) is 0.650. The van der Waals surface area contributed by atoms with E-state index in [1.165, 1.54) is 11.1 Å². The van der Waals surface area contributed by atoms with Crippen molar-refractivity contribution in [3.05, 3.63) is 23.3 Å². The molecule has 0 aromatic heterocycles. The minimum Gasteiger partial charge on any atom is -0.493 e. The molecule has 3 heterocycles. The first-order valence-electron chi connectivity index (χ1n) is 9.65. The average molecular weight is 357 g/mol. The summed E-state index contributed by atoms with van der Waals surface area (Å²) >= 11 is 0. The smallest absolute Gasteiger partial charge is 0.410 e. The average Bonchev–Trinajstić information content (AvgIpc) is 3.33. The van der Waals surface area contributed by atoms with Gasteiger partial charge in [-0.1, -0.05) is 6.07 Å². The number of likely N-dealkylation sites (tertiary alicyclic amines) is 1. The van der Waals surface area contributed by atoms with Crippen molar-refractivity contribution in [2.45, 2.75) is 56.0 Å². The van der Waals surface area contributed by atoms with Gasteiger partial charge in [0, 0.05) is 23.6 Å². The number of methoxy groups -OCH3 is 1. The van der Waals surface area contributed by atoms with Gasteiger partial charge in [0.2, 0.25) is 0 Å². The lowest BCUT2D eigenvalue weighted by atomic mass is 9.52. The molecule has 1 amide bonds. The minimum absolute atomic E-state index is 0.0449. The Morgan fingerprint density at radius 1 is 1.42 bits per heavy atom. The van der Waals surface area contributed by atoms with Crippen molar-refractivity contribution in [2.75, 3.05) is 20.3 Å². The topological polar surface area (TPSA) is 60.5 Å². The first-order valence-corrected chi connectivity index (χ1v) is 9.65. The van der Waals surface area contributed by atoms with Crippen LogP contribution in [0.5, 0.6) is 11.5 Å². The van der Waals surface area contributed by atoms with E-state index in [0.717, 1.165) is 30.8 Å². The number of carbonyl (C=O) groups is 1. The molecule has 6 atom stereocenters. The van der Waals surface area contributed by atoms with Gasteiger partial charge >= 0.3 is 6.09 Å². The minimum atomic E-state index is -0.182. The summed E-state index contributed by atoms with van der Waals surface area (Å²) in [6, 6.07) is 4.31. The molecule has 6 rings (SSSR count). The van der Waals surface area contributed by atoms with E-state index in [0.29, 0.717) is 19.1 Å². The molecule has 3 fully saturated rings. The second-order valence-corrected chi connectivity index (χ2v) is 8.11. The van der Waals surface area contributed by atoms with Crippen LogP contribution in [0.15, 0.2) is 12.1 Å². The molecule has 1 saturated carbocycles. The van der Waals surface area contributed by atoms with E-state index in [9.17, 15) is 4.79 Å². The van der Waals surface area contributed by atoms with Crippen molar-refractivity contribution in [1.82, 2.24) is 4.90 Å². The van der Waals surface area contributed by atoms with Crippen molar-refractivity contribution in [2.24, 2.45) is 5.92 Å². The highest BCUT2D eigenvalue weighted by atomic mass is 16.6. The number of hydrogen-bond acceptors (Lipinski definition) is 5. The van der Waals surface area contributed by atoms with Crippen LogP contribution in [0.2, 0.25) is 0 Å². The van der Waals surface area contributed by atoms with Crippen molar-refractivity contribution in [3.63, 3.8) is 0 Å². The van der Waals surface area contributed by atoms with Gasteiger partial charge in [0.1, 0.15) is 12.2 Å². The Morgan fingerprint density at radius 2 is 2.31 bits per heavy atom. The van der Waals surface area contributed by atoms with Crippen LogP contribution >= 0.6 is 0 Å². The van der Waals surface area contributed by atoms with Gasteiger partial charge in [-0.05, 0) is 43.7 Å². The summed E-state index contributed by atoms with van der Waals surface area (Å²) < 4.78 is 23.5. The number of rotatable bonds is 2. The fourth-order valence-corrected chi connectivity index (χ4v) is 6.32. The summed E-state index contributed by atoms with van der Waals surface area (Å²) in [6.45, 7) is 2.99. The number of fused-ring (bicyclic) bond motifs is 2. The van der Waals surface area contributed by atoms with E-state index < -0.39 is 0 Å². The molecule has 138 valence electrons. The lowest BCUT2D eigenvalue weighted by Crippen LogP contribution is -2.66. The Hall–Kier alpha value is -1.95. The zero-order valence-corrected chi connectivity index (χ0v) is 15.1. The van der Waals surface area contributed by atoms with Crippen molar-refractivity contribution < 1.29 is 23.7 Å². The molecule has 0 unspecified atom stereocenters. The Morgan fingerprint density at radius 3 is 3.12 bits per heavy atom. The van der Waals surface area contributed by atoms with Crippen LogP contribution in [0.3, 0.4) is 0 Å². The zero-order valence-electron chi connectivity index (χ0n) is 15.1. The lowest BCUT2D eigenvalue weighted by molar-refractivity contribution is -0.0388. The number of hydrogen-bond donors (Lipinski definition) is 0. The summed E-state index contributed by atoms with van der Waals surface area (Å²) in [5.41, 5.74) is 2.57. The van der Waals surface area contributed by atoms with Gasteiger partial charge in [0.05, 0.1) is 19.8 Å². The predicted molar refractivity (Wildman–Crippen MR) is 91.7 cm³/mol. The normalized spacial score (nSPS) is 40.2. The van der Waals surface area contributed by atoms with Crippen LogP contribution in [-0.4, -0.2) is 55.6 Å². The van der Waals surface area contributed by atoms with Crippen molar-refractivity contribution >= 4 is 6.09 Å². The molecule has 1 aromatic carbocycles. The Balaban J connectivity index is 1.52. The molecule has 2 saturated heterocycles. The molecule has 2 aliphatic carbocycles. The highest BCUT2D eigenvalue weighted by Crippen LogP contribution is 2.66. The van der Waals surface area contributed by atoms with Crippen LogP contribution in [0, 0.1) is 5.92 Å². The molecular weight excluding hydrogens is 334 g/mol. The number of nitrogens with zero attached hydrogens (tertiary/aromatic N) is 1. The standard InChI is InChI=1S/C20H23NO5/c1-3-24-19(22)21-7-6-20-11-9-14-17(25-14)18(20)26-16-13(23-2)5-4-10(15(16)20)8-12(11)21/h4-5,11-12,14,17-18H,3,6-9H2,1-2H3/t11-,12-,14+,17+,18-,20-/m0/s1. The molecule has 6 heteroatoms. The van der Waals surface area contributed by atoms with Gasteiger partial charge in [-0.25, -0.2) is 4.79 Å². The number of epoxide rings is 1. The molecule has 0 N–H and O–H groups in total. The molecule has 3 aliphatic heterocycles. The van der Waals surface area contributed by atoms with Gasteiger partial charge in [-0.15, -0.1) is 0 Å². The maximum Gasteiger partial charge on any atom is 0.410 e. The van der Waals surface area contributed by atoms with Crippen LogP contribution in [-0.2, 0) is 21.3 Å².